The summed E-state index contributed by atoms with van der Waals surface area (Å²) >= 11 is 0. The first-order valence-corrected chi connectivity index (χ1v) is 12.9. The van der Waals surface area contributed by atoms with Crippen LogP contribution in [0.1, 0.15) is 32.0 Å². The minimum atomic E-state index is -3.70. The van der Waals surface area contributed by atoms with E-state index in [1.807, 2.05) is 13.8 Å². The quantitative estimate of drug-likeness (QED) is 0.428. The van der Waals surface area contributed by atoms with Gasteiger partial charge in [-0.05, 0) is 40.7 Å². The Morgan fingerprint density at radius 3 is 2.46 bits per heavy atom. The lowest BCUT2D eigenvalue weighted by Gasteiger charge is -2.27. The predicted molar refractivity (Wildman–Crippen MR) is 140 cm³/mol. The second kappa shape index (κ2) is 10.7. The molecule has 35 heavy (non-hydrogen) atoms. The van der Waals surface area contributed by atoms with Crippen molar-refractivity contribution in [2.45, 2.75) is 44.3 Å². The zero-order chi connectivity index (χ0) is 24.5. The summed E-state index contributed by atoms with van der Waals surface area (Å²) in [5.41, 5.74) is 2.49. The maximum absolute atomic E-state index is 13.5. The summed E-state index contributed by atoms with van der Waals surface area (Å²) in [5, 5.41) is 14.4. The standard InChI is InChI=1S/C23H33N7O3S.ClH/c1-15-16(2)28-29-21(15)27-22-17-12-20(34(31,32)23(3,4)5)19(13-18(17)25-14-26-22)33-11-10-30-8-6-24-7-9-30;/h12-14,24H,6-11H2,1-5H3,(H2,25,26,27,28,29);1H. The number of aryl methyl sites for hydroxylation is 1. The molecule has 1 aliphatic rings. The van der Waals surface area contributed by atoms with E-state index < -0.39 is 14.6 Å². The fourth-order valence-electron chi connectivity index (χ4n) is 3.75. The second-order valence-corrected chi connectivity index (χ2v) is 12.2. The number of sulfone groups is 1. The molecule has 4 rings (SSSR count). The maximum Gasteiger partial charge on any atom is 0.186 e. The van der Waals surface area contributed by atoms with Crippen molar-refractivity contribution in [3.8, 4) is 5.75 Å². The zero-order valence-electron chi connectivity index (χ0n) is 20.8. The van der Waals surface area contributed by atoms with Crippen LogP contribution in [-0.2, 0) is 9.84 Å². The Morgan fingerprint density at radius 1 is 1.11 bits per heavy atom. The van der Waals surface area contributed by atoms with E-state index in [2.05, 4.69) is 35.7 Å². The van der Waals surface area contributed by atoms with Crippen LogP contribution < -0.4 is 15.4 Å². The van der Waals surface area contributed by atoms with Gasteiger partial charge in [0.2, 0.25) is 0 Å². The number of fused-ring (bicyclic) bond motifs is 1. The molecule has 12 heteroatoms. The third-order valence-electron chi connectivity index (χ3n) is 6.16. The van der Waals surface area contributed by atoms with E-state index in [0.717, 1.165) is 44.0 Å². The van der Waals surface area contributed by atoms with Crippen LogP contribution in [0.3, 0.4) is 0 Å². The van der Waals surface area contributed by atoms with Crippen LogP contribution >= 0.6 is 12.4 Å². The van der Waals surface area contributed by atoms with Gasteiger partial charge in [-0.15, -0.1) is 12.4 Å². The average Bonchev–Trinajstić information content (AvgIpc) is 3.11. The first-order chi connectivity index (χ1) is 16.1. The number of rotatable bonds is 7. The number of halogens is 1. The zero-order valence-corrected chi connectivity index (χ0v) is 22.4. The predicted octanol–water partition coefficient (Wildman–Crippen LogP) is 2.99. The van der Waals surface area contributed by atoms with Crippen LogP contribution in [0.25, 0.3) is 10.9 Å². The van der Waals surface area contributed by atoms with Gasteiger partial charge in [0, 0.05) is 55.4 Å². The molecule has 0 unspecified atom stereocenters. The SMILES string of the molecule is Cc1[nH]nc(Nc2ncnc3cc(OCCN4CCNCC4)c(S(=O)(=O)C(C)(C)C)cc23)c1C.Cl. The fraction of sp³-hybridized carbons (Fsp3) is 0.522. The lowest BCUT2D eigenvalue weighted by molar-refractivity contribution is 0.189. The number of ether oxygens (including phenoxy) is 1. The van der Waals surface area contributed by atoms with Gasteiger partial charge in [-0.1, -0.05) is 0 Å². The van der Waals surface area contributed by atoms with Crippen LogP contribution in [0.4, 0.5) is 11.6 Å². The van der Waals surface area contributed by atoms with Crippen molar-refractivity contribution >= 4 is 44.8 Å². The molecule has 10 nitrogen and oxygen atoms in total. The highest BCUT2D eigenvalue weighted by molar-refractivity contribution is 7.92. The van der Waals surface area contributed by atoms with Gasteiger partial charge in [0.25, 0.3) is 0 Å². The number of anilines is 2. The van der Waals surface area contributed by atoms with Crippen LogP contribution in [0, 0.1) is 13.8 Å². The van der Waals surface area contributed by atoms with Gasteiger partial charge in [-0.3, -0.25) is 10.00 Å². The summed E-state index contributed by atoms with van der Waals surface area (Å²) in [6.07, 6.45) is 1.45. The molecule has 0 radical (unpaired) electrons. The highest BCUT2D eigenvalue weighted by atomic mass is 35.5. The van der Waals surface area contributed by atoms with E-state index in [1.165, 1.54) is 6.33 Å². The molecule has 192 valence electrons. The highest BCUT2D eigenvalue weighted by Gasteiger charge is 2.34. The van der Waals surface area contributed by atoms with Gasteiger partial charge < -0.3 is 15.4 Å². The maximum atomic E-state index is 13.5. The molecule has 0 bridgehead atoms. The molecular formula is C23H34ClN7O3S. The van der Waals surface area contributed by atoms with E-state index >= 15 is 0 Å². The molecule has 2 aromatic heterocycles. The fourth-order valence-corrected chi connectivity index (χ4v) is 5.07. The van der Waals surface area contributed by atoms with Crippen LogP contribution in [0.5, 0.6) is 5.75 Å². The number of H-pyrrole nitrogens is 1. The number of aromatic amines is 1. The topological polar surface area (TPSA) is 125 Å². The molecule has 0 saturated carbocycles. The minimum absolute atomic E-state index is 0. The Kier molecular flexibility index (Phi) is 8.25. The van der Waals surface area contributed by atoms with Gasteiger partial charge >= 0.3 is 0 Å². The molecular weight excluding hydrogens is 490 g/mol. The second-order valence-electron chi connectivity index (χ2n) is 9.54. The van der Waals surface area contributed by atoms with Crippen molar-refractivity contribution in [1.29, 1.82) is 0 Å². The summed E-state index contributed by atoms with van der Waals surface area (Å²) < 4.78 is 32.1. The summed E-state index contributed by atoms with van der Waals surface area (Å²) in [7, 11) is -3.70. The Hall–Kier alpha value is -2.47. The largest absolute Gasteiger partial charge is 0.491 e. The van der Waals surface area contributed by atoms with Gasteiger partial charge in [0.1, 0.15) is 29.4 Å². The average molecular weight is 524 g/mol. The molecule has 1 aliphatic heterocycles. The third kappa shape index (κ3) is 5.69. The number of benzene rings is 1. The molecule has 0 aliphatic carbocycles. The smallest absolute Gasteiger partial charge is 0.186 e. The van der Waals surface area contributed by atoms with Crippen molar-refractivity contribution in [3.05, 3.63) is 29.7 Å². The van der Waals surface area contributed by atoms with E-state index in [1.54, 1.807) is 32.9 Å². The molecule has 3 aromatic rings. The van der Waals surface area contributed by atoms with Gasteiger partial charge in [-0.2, -0.15) is 5.10 Å². The van der Waals surface area contributed by atoms with Crippen LogP contribution in [0.2, 0.25) is 0 Å². The van der Waals surface area contributed by atoms with Crippen molar-refractivity contribution in [2.75, 3.05) is 44.6 Å². The van der Waals surface area contributed by atoms with Crippen LogP contribution in [0.15, 0.2) is 23.4 Å². The summed E-state index contributed by atoms with van der Waals surface area (Å²) in [5.74, 6) is 1.43. The first kappa shape index (κ1) is 27.1. The van der Waals surface area contributed by atoms with E-state index in [0.29, 0.717) is 34.9 Å². The Balaban J connectivity index is 0.00000342. The number of aromatic nitrogens is 4. The van der Waals surface area contributed by atoms with Gasteiger partial charge in [-0.25, -0.2) is 18.4 Å². The van der Waals surface area contributed by atoms with E-state index in [-0.39, 0.29) is 17.3 Å². The number of piperazine rings is 1. The summed E-state index contributed by atoms with van der Waals surface area (Å²) in [4.78, 5) is 11.2. The lowest BCUT2D eigenvalue weighted by atomic mass is 10.2. The van der Waals surface area contributed by atoms with E-state index in [4.69, 9.17) is 4.74 Å². The number of hydrogen-bond donors (Lipinski definition) is 3. The Morgan fingerprint density at radius 2 is 1.83 bits per heavy atom. The van der Waals surface area contributed by atoms with Crippen molar-refractivity contribution in [1.82, 2.24) is 30.4 Å². The highest BCUT2D eigenvalue weighted by Crippen LogP contribution is 2.37. The normalized spacial score (nSPS) is 15.1. The van der Waals surface area contributed by atoms with Gasteiger partial charge in [0.15, 0.2) is 15.7 Å². The first-order valence-electron chi connectivity index (χ1n) is 11.5. The van der Waals surface area contributed by atoms with Gasteiger partial charge in [0.05, 0.1) is 10.3 Å². The van der Waals surface area contributed by atoms with Crippen molar-refractivity contribution in [2.24, 2.45) is 0 Å². The Labute approximate surface area is 212 Å². The molecule has 1 saturated heterocycles. The Bertz CT molecular complexity index is 1280. The minimum Gasteiger partial charge on any atom is -0.491 e. The third-order valence-corrected chi connectivity index (χ3v) is 8.67. The number of nitrogens with one attached hydrogen (secondary N) is 3. The van der Waals surface area contributed by atoms with Crippen molar-refractivity contribution in [3.63, 3.8) is 0 Å². The summed E-state index contributed by atoms with van der Waals surface area (Å²) in [6.45, 7) is 13.8. The molecule has 1 aromatic carbocycles. The summed E-state index contributed by atoms with van der Waals surface area (Å²) in [6, 6.07) is 3.31. The lowest BCUT2D eigenvalue weighted by Crippen LogP contribution is -2.44. The number of hydrogen-bond acceptors (Lipinski definition) is 9. The molecule has 1 fully saturated rings. The van der Waals surface area contributed by atoms with Crippen molar-refractivity contribution < 1.29 is 13.2 Å². The molecule has 0 amide bonds. The number of nitrogens with zero attached hydrogens (tertiary/aromatic N) is 4. The molecule has 3 N–H and O–H groups in total. The molecule has 3 heterocycles. The van der Waals surface area contributed by atoms with Crippen LogP contribution in [-0.4, -0.2) is 77.6 Å². The molecule has 0 atom stereocenters. The monoisotopic (exact) mass is 523 g/mol. The van der Waals surface area contributed by atoms with E-state index in [9.17, 15) is 8.42 Å². The molecule has 0 spiro atoms.